The van der Waals surface area contributed by atoms with E-state index in [1.165, 1.54) is 165 Å². The zero-order valence-electron chi connectivity index (χ0n) is 53.4. The number of nitrogens with zero attached hydrogens (tertiary/aromatic N) is 8. The lowest BCUT2D eigenvalue weighted by Gasteiger charge is -2.09. The highest BCUT2D eigenvalue weighted by Gasteiger charge is 2.35. The Balaban J connectivity index is 0.000000162. The number of ketones is 1. The molecule has 2 N–H and O–H groups in total. The number of ether oxygens (including phenoxy) is 3. The van der Waals surface area contributed by atoms with Crippen molar-refractivity contribution in [3.63, 3.8) is 0 Å². The molecular weight excluding hydrogens is 1450 g/mol. The number of fused-ring (bicyclic) bond motifs is 5. The number of benzene rings is 2. The molecule has 11 heterocycles. The van der Waals surface area contributed by atoms with Crippen LogP contribution in [0.5, 0.6) is 0 Å². The minimum absolute atomic E-state index is 0.0316. The van der Waals surface area contributed by atoms with Crippen molar-refractivity contribution in [1.29, 1.82) is 0 Å². The highest BCUT2D eigenvalue weighted by molar-refractivity contribution is 7.95. The third-order valence-electron chi connectivity index (χ3n) is 14.8. The summed E-state index contributed by atoms with van der Waals surface area (Å²) in [6.45, 7) is 5.07. The standard InChI is InChI=1S/C20H17FN2O4S.C18H13FN2O4S.C8H9NO4S.C7H6ClNO2.C7H5NO3S.C6H4ClNO2/c1-3-27-19(24)10-23-12(2)20(14-8-13(21)4-5-17(14)23)16-11-28(25,26)18-6-7-22-9-15(16)18;1-10-18(14-9-26(24,25)16-4-5-20-7-13(14)16)12-6-11(19)2-3-15(12)21(10)8-17(22)23;1-13-8(10)6-5-9-4-3-7(6)14(2,11)12;1-11-7(10)5-4-9-3-2-6(5)8;9-6-4-12(10,11)7-1-2-8-3-5(6)7;7-5-1-2-8-3-4(5)6(9)10/h4-9,11H,3,10H2,1-2H3;2-7,9H,8H2,1H3,(H,22,23);3-5H,1-2H3;2-4H,1H3;1-3H,4H2;1-3H,(H,9,10). The number of esters is 3. The Morgan fingerprint density at radius 3 is 1.39 bits per heavy atom. The first-order valence-electron chi connectivity index (χ1n) is 28.9. The molecule has 0 aliphatic carbocycles. The quantitative estimate of drug-likeness (QED) is 0.0899. The van der Waals surface area contributed by atoms with Crippen molar-refractivity contribution >= 4 is 131 Å². The number of carbonyl (C=O) groups is 6. The van der Waals surface area contributed by atoms with Crippen LogP contribution in [0.4, 0.5) is 8.78 Å². The Morgan fingerprint density at radius 1 is 0.564 bits per heavy atom. The SMILES string of the molecule is CCOC(=O)Cn1c(C)c(C2=CS(=O)(=O)c3ccncc32)c2cc(F)ccc21.COC(=O)c1cnccc1Cl.COC(=O)c1cnccc1S(C)(=O)=O.Cc1c(C2=CS(=O)(=O)c3ccncc32)c2cc(F)ccc2n1CC(=O)O.O=C(O)c1cnccc1Cl.O=C1CS(=O)(=O)c2ccncc21. The van der Waals surface area contributed by atoms with Crippen LogP contribution in [0, 0.1) is 25.5 Å². The number of hydrogen-bond acceptors (Lipinski definition) is 23. The number of aromatic carboxylic acids is 1. The first-order chi connectivity index (χ1) is 47.7. The van der Waals surface area contributed by atoms with E-state index in [1.807, 2.05) is 0 Å². The van der Waals surface area contributed by atoms with Gasteiger partial charge in [0.05, 0.1) is 72.7 Å². The molecule has 10 aromatic rings. The van der Waals surface area contributed by atoms with Crippen LogP contribution in [0.25, 0.3) is 33.0 Å². The van der Waals surface area contributed by atoms with Gasteiger partial charge in [0.1, 0.15) is 30.5 Å². The first-order valence-corrected chi connectivity index (χ1v) is 36.3. The molecule has 0 fully saturated rings. The van der Waals surface area contributed by atoms with E-state index in [0.29, 0.717) is 71.6 Å². The largest absolute Gasteiger partial charge is 0.480 e. The molecule has 0 spiro atoms. The van der Waals surface area contributed by atoms with Gasteiger partial charge in [0.2, 0.25) is 19.7 Å². The van der Waals surface area contributed by atoms with E-state index in [0.717, 1.165) is 11.7 Å². The predicted molar refractivity (Wildman–Crippen MR) is 361 cm³/mol. The maximum absolute atomic E-state index is 14.0. The molecule has 3 aliphatic heterocycles. The fraction of sp³-hybridized carbons (Fsp3) is 0.152. The fourth-order valence-corrected chi connectivity index (χ4v) is 15.9. The van der Waals surface area contributed by atoms with Crippen LogP contribution in [0.15, 0.2) is 178 Å². The van der Waals surface area contributed by atoms with Gasteiger partial charge in [-0.2, -0.15) is 0 Å². The second kappa shape index (κ2) is 31.6. The van der Waals surface area contributed by atoms with Gasteiger partial charge in [0, 0.05) is 158 Å². The number of rotatable bonds is 11. The third-order valence-corrected chi connectivity index (χ3v) is 21.3. The van der Waals surface area contributed by atoms with Gasteiger partial charge in [-0.05, 0) is 93.6 Å². The van der Waals surface area contributed by atoms with Crippen molar-refractivity contribution < 1.29 is 95.6 Å². The van der Waals surface area contributed by atoms with Gasteiger partial charge in [0.15, 0.2) is 25.5 Å². The molecule has 0 saturated heterocycles. The van der Waals surface area contributed by atoms with E-state index in [-0.39, 0.29) is 72.3 Å². The summed E-state index contributed by atoms with van der Waals surface area (Å²) in [6.07, 6.45) is 17.4. The molecule has 8 aromatic heterocycles. The van der Waals surface area contributed by atoms with Gasteiger partial charge in [-0.3, -0.25) is 44.3 Å². The fourth-order valence-electron chi connectivity index (χ4n) is 10.4. The smallest absolute Gasteiger partial charge is 0.340 e. The van der Waals surface area contributed by atoms with E-state index in [9.17, 15) is 76.3 Å². The molecule has 0 bridgehead atoms. The summed E-state index contributed by atoms with van der Waals surface area (Å²) >= 11 is 11.2. The van der Waals surface area contributed by atoms with Crippen molar-refractivity contribution in [3.05, 3.63) is 236 Å². The Labute approximate surface area is 584 Å². The molecule has 0 amide bonds. The average Bonchev–Trinajstić information content (AvgIpc) is 1.58. The topological polar surface area (TPSA) is 394 Å². The van der Waals surface area contributed by atoms with Gasteiger partial charge in [0.25, 0.3) is 0 Å². The maximum atomic E-state index is 14.0. The van der Waals surface area contributed by atoms with Crippen molar-refractivity contribution in [1.82, 2.24) is 39.0 Å². The summed E-state index contributed by atoms with van der Waals surface area (Å²) in [5, 5.41) is 21.5. The second-order valence-corrected chi connectivity index (χ2v) is 29.5. The molecule has 101 heavy (non-hydrogen) atoms. The van der Waals surface area contributed by atoms with Crippen molar-refractivity contribution in [2.24, 2.45) is 0 Å². The zero-order valence-corrected chi connectivity index (χ0v) is 58.2. The van der Waals surface area contributed by atoms with Crippen molar-refractivity contribution in [2.75, 3.05) is 32.8 Å². The maximum Gasteiger partial charge on any atom is 0.340 e. The number of aromatic nitrogens is 8. The zero-order chi connectivity index (χ0) is 74.1. The van der Waals surface area contributed by atoms with Crippen LogP contribution in [-0.2, 0) is 76.2 Å². The van der Waals surface area contributed by atoms with Crippen LogP contribution in [-0.4, -0.2) is 151 Å². The summed E-state index contributed by atoms with van der Waals surface area (Å²) in [6, 6.07) is 16.7. The Hall–Kier alpha value is -10.8. The summed E-state index contributed by atoms with van der Waals surface area (Å²) in [5.41, 5.74) is 5.62. The molecule has 0 atom stereocenters. The summed E-state index contributed by atoms with van der Waals surface area (Å²) < 4.78 is 140. The molecule has 27 nitrogen and oxygen atoms in total. The number of methoxy groups -OCH3 is 2. The number of aliphatic carboxylic acids is 1. The normalized spacial score (nSPS) is 13.7. The van der Waals surface area contributed by atoms with Gasteiger partial charge in [-0.15, -0.1) is 0 Å². The van der Waals surface area contributed by atoms with Gasteiger partial charge in [-0.25, -0.2) is 56.8 Å². The van der Waals surface area contributed by atoms with Crippen LogP contribution in [0.2, 0.25) is 10.0 Å². The summed E-state index contributed by atoms with van der Waals surface area (Å²) in [5.74, 6) is -5.41. The molecule has 3 aliphatic rings. The molecule has 13 rings (SSSR count). The van der Waals surface area contributed by atoms with Gasteiger partial charge < -0.3 is 33.6 Å². The van der Waals surface area contributed by atoms with Crippen LogP contribution >= 0.6 is 23.2 Å². The first kappa shape index (κ1) is 75.9. The third kappa shape index (κ3) is 17.1. The molecule has 35 heteroatoms. The lowest BCUT2D eigenvalue weighted by molar-refractivity contribution is -0.143. The highest BCUT2D eigenvalue weighted by atomic mass is 35.5. The molecule has 2 aromatic carbocycles. The summed E-state index contributed by atoms with van der Waals surface area (Å²) in [4.78, 5) is 89.8. The van der Waals surface area contributed by atoms with E-state index in [2.05, 4.69) is 39.4 Å². The summed E-state index contributed by atoms with van der Waals surface area (Å²) in [7, 11) is -11.5. The van der Waals surface area contributed by atoms with Crippen LogP contribution in [0.1, 0.15) is 82.0 Å². The van der Waals surface area contributed by atoms with E-state index >= 15 is 0 Å². The molecule has 524 valence electrons. The monoisotopic (exact) mass is 1500 g/mol. The van der Waals surface area contributed by atoms with Crippen molar-refractivity contribution in [2.45, 2.75) is 53.4 Å². The number of pyridine rings is 6. The average molecular weight is 1500 g/mol. The van der Waals surface area contributed by atoms with Crippen LogP contribution in [0.3, 0.4) is 0 Å². The minimum Gasteiger partial charge on any atom is -0.480 e. The number of hydrogen-bond donors (Lipinski definition) is 2. The van der Waals surface area contributed by atoms with E-state index in [4.69, 9.17) is 33.0 Å². The Morgan fingerprint density at radius 2 is 0.970 bits per heavy atom. The molecule has 0 saturated carbocycles. The number of sulfone groups is 4. The number of Topliss-reactive ketones (excluding diaryl/α,β-unsaturated/α-hetero) is 1. The van der Waals surface area contributed by atoms with Crippen LogP contribution < -0.4 is 0 Å². The molecule has 0 unspecified atom stereocenters. The lowest BCUT2D eigenvalue weighted by Crippen LogP contribution is -2.14. The Bertz CT molecular complexity index is 5560. The Kier molecular flexibility index (Phi) is 23.7. The minimum atomic E-state index is -3.63. The highest BCUT2D eigenvalue weighted by Crippen LogP contribution is 2.44. The second-order valence-electron chi connectivity index (χ2n) is 21.2. The van der Waals surface area contributed by atoms with Gasteiger partial charge >= 0.3 is 29.8 Å². The number of halogens is 4. The van der Waals surface area contributed by atoms with E-state index < -0.39 is 86.6 Å². The predicted octanol–water partition coefficient (Wildman–Crippen LogP) is 9.25. The molecular formula is C66H54Cl2F2N8O19S4. The molecule has 0 radical (unpaired) electrons. The lowest BCUT2D eigenvalue weighted by atomic mass is 9.98. The van der Waals surface area contributed by atoms with E-state index in [1.54, 1.807) is 31.4 Å². The number of carbonyl (C=O) groups excluding carboxylic acids is 4. The van der Waals surface area contributed by atoms with Crippen molar-refractivity contribution in [3.8, 4) is 0 Å². The number of carboxylic acids is 2. The number of carboxylic acid groups (broad SMARTS) is 2. The van der Waals surface area contributed by atoms with Gasteiger partial charge in [-0.1, -0.05) is 23.2 Å².